The number of ether oxygens (including phenoxy) is 1. The molecular weight excluding hydrogens is 252 g/mol. The molecule has 1 aromatic rings. The van der Waals surface area contributed by atoms with Gasteiger partial charge < -0.3 is 15.4 Å². The van der Waals surface area contributed by atoms with Crippen LogP contribution >= 0.6 is 11.6 Å². The molecule has 18 heavy (non-hydrogen) atoms. The van der Waals surface area contributed by atoms with Crippen molar-refractivity contribution in [1.29, 1.82) is 0 Å². The van der Waals surface area contributed by atoms with Crippen LogP contribution in [0.15, 0.2) is 12.1 Å². The van der Waals surface area contributed by atoms with Gasteiger partial charge in [0.15, 0.2) is 0 Å². The third kappa shape index (κ3) is 2.18. The lowest BCUT2D eigenvalue weighted by molar-refractivity contribution is -0.120. The van der Waals surface area contributed by atoms with Crippen LogP contribution in [0.25, 0.3) is 0 Å². The van der Waals surface area contributed by atoms with Crippen LogP contribution < -0.4 is 15.4 Å². The lowest BCUT2D eigenvalue weighted by Gasteiger charge is -2.23. The molecule has 1 fully saturated rings. The maximum absolute atomic E-state index is 12.2. The summed E-state index contributed by atoms with van der Waals surface area (Å²) in [5.74, 6) is 0.541. The van der Waals surface area contributed by atoms with E-state index in [-0.39, 0.29) is 5.91 Å². The fourth-order valence-electron chi connectivity index (χ4n) is 1.95. The van der Waals surface area contributed by atoms with Gasteiger partial charge >= 0.3 is 0 Å². The summed E-state index contributed by atoms with van der Waals surface area (Å²) in [5, 5.41) is 0.486. The number of methoxy groups -OCH3 is 1. The summed E-state index contributed by atoms with van der Waals surface area (Å²) in [5.41, 5.74) is 6.94. The number of halogens is 1. The van der Waals surface area contributed by atoms with Gasteiger partial charge in [0.1, 0.15) is 5.75 Å². The van der Waals surface area contributed by atoms with Gasteiger partial charge in [-0.2, -0.15) is 0 Å². The van der Waals surface area contributed by atoms with Gasteiger partial charge in [-0.05, 0) is 37.5 Å². The standard InChI is InChI=1S/C13H17ClN2O2/c1-8-6-11(18-3)9(14)7-10(8)16(2)12(17)13(15)4-5-13/h6-7H,4-5,15H2,1-3H3. The zero-order chi connectivity index (χ0) is 13.5. The number of amides is 1. The number of likely N-dealkylation sites (N-methyl/N-ethyl adjacent to an activating group) is 1. The summed E-state index contributed by atoms with van der Waals surface area (Å²) in [4.78, 5) is 13.7. The molecule has 2 rings (SSSR count). The number of hydrogen-bond acceptors (Lipinski definition) is 3. The Morgan fingerprint density at radius 2 is 2.11 bits per heavy atom. The van der Waals surface area contributed by atoms with Gasteiger partial charge in [0.05, 0.1) is 17.7 Å². The first kappa shape index (κ1) is 13.2. The lowest BCUT2D eigenvalue weighted by Crippen LogP contribution is -2.44. The predicted molar refractivity (Wildman–Crippen MR) is 72.3 cm³/mol. The third-order valence-electron chi connectivity index (χ3n) is 3.35. The molecule has 2 N–H and O–H groups in total. The van der Waals surface area contributed by atoms with Crippen LogP contribution in [-0.4, -0.2) is 25.6 Å². The molecule has 0 atom stereocenters. The molecule has 0 spiro atoms. The average molecular weight is 269 g/mol. The number of hydrogen-bond donors (Lipinski definition) is 1. The molecule has 0 aromatic heterocycles. The van der Waals surface area contributed by atoms with Crippen molar-refractivity contribution in [2.24, 2.45) is 5.73 Å². The van der Waals surface area contributed by atoms with E-state index in [4.69, 9.17) is 22.1 Å². The van der Waals surface area contributed by atoms with E-state index >= 15 is 0 Å². The van der Waals surface area contributed by atoms with Crippen molar-refractivity contribution in [1.82, 2.24) is 0 Å². The van der Waals surface area contributed by atoms with Crippen molar-refractivity contribution in [2.45, 2.75) is 25.3 Å². The largest absolute Gasteiger partial charge is 0.495 e. The van der Waals surface area contributed by atoms with E-state index in [1.165, 1.54) is 0 Å². The second-order valence-electron chi connectivity index (χ2n) is 4.79. The van der Waals surface area contributed by atoms with Crippen LogP contribution in [0.3, 0.4) is 0 Å². The highest BCUT2D eigenvalue weighted by molar-refractivity contribution is 6.32. The van der Waals surface area contributed by atoms with Gasteiger partial charge in [-0.15, -0.1) is 0 Å². The minimum atomic E-state index is -0.673. The molecule has 1 aliphatic rings. The summed E-state index contributed by atoms with van der Waals surface area (Å²) < 4.78 is 5.14. The Morgan fingerprint density at radius 1 is 1.50 bits per heavy atom. The molecule has 0 saturated heterocycles. The highest BCUT2D eigenvalue weighted by Crippen LogP contribution is 2.37. The average Bonchev–Trinajstić information content (AvgIpc) is 3.09. The highest BCUT2D eigenvalue weighted by atomic mass is 35.5. The number of rotatable bonds is 3. The molecule has 1 aromatic carbocycles. The first-order valence-electron chi connectivity index (χ1n) is 5.80. The van der Waals surface area contributed by atoms with E-state index < -0.39 is 5.54 Å². The van der Waals surface area contributed by atoms with E-state index in [9.17, 15) is 4.79 Å². The number of benzene rings is 1. The Hall–Kier alpha value is -1.26. The SMILES string of the molecule is COc1cc(C)c(N(C)C(=O)C2(N)CC2)cc1Cl. The summed E-state index contributed by atoms with van der Waals surface area (Å²) >= 11 is 6.09. The second kappa shape index (κ2) is 4.44. The normalized spacial score (nSPS) is 16.3. The van der Waals surface area contributed by atoms with E-state index in [1.54, 1.807) is 25.1 Å². The molecule has 0 radical (unpaired) electrons. The summed E-state index contributed by atoms with van der Waals surface area (Å²) in [6.45, 7) is 1.91. The van der Waals surface area contributed by atoms with Crippen molar-refractivity contribution in [3.63, 3.8) is 0 Å². The van der Waals surface area contributed by atoms with Gasteiger partial charge in [0.25, 0.3) is 0 Å². The molecule has 0 unspecified atom stereocenters. The predicted octanol–water partition coefficient (Wildman–Crippen LogP) is 2.11. The van der Waals surface area contributed by atoms with Crippen LogP contribution in [-0.2, 0) is 4.79 Å². The van der Waals surface area contributed by atoms with Gasteiger partial charge in [-0.25, -0.2) is 0 Å². The summed E-state index contributed by atoms with van der Waals surface area (Å²) in [6.07, 6.45) is 1.50. The Labute approximate surface area is 112 Å². The zero-order valence-corrected chi connectivity index (χ0v) is 11.5. The van der Waals surface area contributed by atoms with Gasteiger partial charge in [0.2, 0.25) is 5.91 Å². The number of nitrogens with zero attached hydrogens (tertiary/aromatic N) is 1. The lowest BCUT2D eigenvalue weighted by atomic mass is 10.1. The Bertz CT molecular complexity index is 498. The summed E-state index contributed by atoms with van der Waals surface area (Å²) in [6, 6.07) is 3.55. The summed E-state index contributed by atoms with van der Waals surface area (Å²) in [7, 11) is 3.29. The van der Waals surface area contributed by atoms with Crippen molar-refractivity contribution < 1.29 is 9.53 Å². The van der Waals surface area contributed by atoms with Crippen LogP contribution in [0.2, 0.25) is 5.02 Å². The first-order chi connectivity index (χ1) is 8.39. The minimum Gasteiger partial charge on any atom is -0.495 e. The topological polar surface area (TPSA) is 55.6 Å². The quantitative estimate of drug-likeness (QED) is 0.913. The molecule has 1 amide bonds. The maximum Gasteiger partial charge on any atom is 0.246 e. The van der Waals surface area contributed by atoms with Crippen molar-refractivity contribution in [3.05, 3.63) is 22.7 Å². The highest BCUT2D eigenvalue weighted by Gasteiger charge is 2.47. The molecule has 1 aliphatic carbocycles. The van der Waals surface area contributed by atoms with E-state index in [1.807, 2.05) is 13.0 Å². The number of carbonyl (C=O) groups is 1. The van der Waals surface area contributed by atoms with Gasteiger partial charge in [-0.1, -0.05) is 11.6 Å². The molecule has 1 saturated carbocycles. The molecule has 0 heterocycles. The number of aryl methyl sites for hydroxylation is 1. The number of nitrogens with two attached hydrogens (primary N) is 1. The van der Waals surface area contributed by atoms with Crippen molar-refractivity contribution >= 4 is 23.2 Å². The Balaban J connectivity index is 2.33. The molecule has 98 valence electrons. The Kier molecular flexibility index (Phi) is 3.25. The fraction of sp³-hybridized carbons (Fsp3) is 0.462. The van der Waals surface area contributed by atoms with Gasteiger partial charge in [0, 0.05) is 12.7 Å². The van der Waals surface area contributed by atoms with Crippen LogP contribution in [0.4, 0.5) is 5.69 Å². The van der Waals surface area contributed by atoms with Crippen LogP contribution in [0, 0.1) is 6.92 Å². The van der Waals surface area contributed by atoms with Gasteiger partial charge in [-0.3, -0.25) is 4.79 Å². The monoisotopic (exact) mass is 268 g/mol. The van der Waals surface area contributed by atoms with E-state index in [2.05, 4.69) is 0 Å². The first-order valence-corrected chi connectivity index (χ1v) is 6.18. The molecule has 0 bridgehead atoms. The molecule has 4 nitrogen and oxygen atoms in total. The molecule has 5 heteroatoms. The number of anilines is 1. The van der Waals surface area contributed by atoms with Crippen molar-refractivity contribution in [3.8, 4) is 5.75 Å². The smallest absolute Gasteiger partial charge is 0.246 e. The van der Waals surface area contributed by atoms with Crippen LogP contribution in [0.5, 0.6) is 5.75 Å². The number of carbonyl (C=O) groups excluding carboxylic acids is 1. The second-order valence-corrected chi connectivity index (χ2v) is 5.20. The van der Waals surface area contributed by atoms with Crippen molar-refractivity contribution in [2.75, 3.05) is 19.1 Å². The van der Waals surface area contributed by atoms with E-state index in [0.29, 0.717) is 10.8 Å². The van der Waals surface area contributed by atoms with E-state index in [0.717, 1.165) is 24.1 Å². The third-order valence-corrected chi connectivity index (χ3v) is 3.65. The minimum absolute atomic E-state index is 0.0631. The molecule has 0 aliphatic heterocycles. The fourth-order valence-corrected chi connectivity index (χ4v) is 2.19. The molecular formula is C13H17ClN2O2. The maximum atomic E-state index is 12.2. The Morgan fingerprint density at radius 3 is 2.61 bits per heavy atom. The van der Waals surface area contributed by atoms with Crippen LogP contribution in [0.1, 0.15) is 18.4 Å². The zero-order valence-electron chi connectivity index (χ0n) is 10.8.